The lowest BCUT2D eigenvalue weighted by molar-refractivity contribution is -0.121. The van der Waals surface area contributed by atoms with Crippen molar-refractivity contribution in [2.24, 2.45) is 0 Å². The van der Waals surface area contributed by atoms with Gasteiger partial charge in [-0.3, -0.25) is 31.3 Å². The molecule has 0 unspecified atom stereocenters. The van der Waals surface area contributed by atoms with Crippen molar-refractivity contribution in [1.82, 2.24) is 20.8 Å². The first-order valence-electron chi connectivity index (χ1n) is 10.6. The first-order valence-corrected chi connectivity index (χ1v) is 11.4. The van der Waals surface area contributed by atoms with E-state index in [0.717, 1.165) is 15.6 Å². The van der Waals surface area contributed by atoms with Gasteiger partial charge >= 0.3 is 0 Å². The van der Waals surface area contributed by atoms with E-state index >= 15 is 0 Å². The third-order valence-corrected chi connectivity index (χ3v) is 5.65. The van der Waals surface area contributed by atoms with Crippen LogP contribution >= 0.6 is 15.9 Å². The molecule has 1 heterocycles. The van der Waals surface area contributed by atoms with Gasteiger partial charge in [0.05, 0.1) is 5.92 Å². The highest BCUT2D eigenvalue weighted by atomic mass is 79.9. The van der Waals surface area contributed by atoms with Crippen LogP contribution in [0.1, 0.15) is 27.4 Å². The van der Waals surface area contributed by atoms with E-state index in [2.05, 4.69) is 47.6 Å². The maximum Gasteiger partial charge on any atom is 0.269 e. The Kier molecular flexibility index (Phi) is 7.53. The zero-order valence-corrected chi connectivity index (χ0v) is 20.0. The SMILES string of the molecule is Nc1c(NNC(=O)c2ccc(Br)cc2)ncnc1NNC(=O)C(c1ccccc1)c1ccccc1. The Morgan fingerprint density at radius 3 is 1.80 bits per heavy atom. The lowest BCUT2D eigenvalue weighted by atomic mass is 9.91. The monoisotopic (exact) mass is 531 g/mol. The van der Waals surface area contributed by atoms with E-state index in [-0.39, 0.29) is 29.1 Å². The van der Waals surface area contributed by atoms with Crippen molar-refractivity contribution in [3.05, 3.63) is 112 Å². The molecule has 1 aromatic heterocycles. The molecule has 0 aliphatic carbocycles. The number of hydrogen-bond acceptors (Lipinski definition) is 7. The van der Waals surface area contributed by atoms with Crippen LogP contribution in [0, 0.1) is 0 Å². The summed E-state index contributed by atoms with van der Waals surface area (Å²) in [5.41, 5.74) is 19.1. The van der Waals surface area contributed by atoms with E-state index in [1.165, 1.54) is 6.33 Å². The van der Waals surface area contributed by atoms with E-state index in [1.54, 1.807) is 24.3 Å². The van der Waals surface area contributed by atoms with E-state index < -0.39 is 5.92 Å². The lowest BCUT2D eigenvalue weighted by Crippen LogP contribution is -2.35. The topological polar surface area (TPSA) is 134 Å². The van der Waals surface area contributed by atoms with Crippen molar-refractivity contribution in [2.45, 2.75) is 5.92 Å². The van der Waals surface area contributed by atoms with E-state index in [0.29, 0.717) is 5.56 Å². The highest BCUT2D eigenvalue weighted by Crippen LogP contribution is 2.25. The Bertz CT molecular complexity index is 1260. The summed E-state index contributed by atoms with van der Waals surface area (Å²) in [5.74, 6) is -0.861. The molecule has 0 radical (unpaired) electrons. The zero-order chi connectivity index (χ0) is 24.6. The van der Waals surface area contributed by atoms with Crippen LogP contribution in [-0.2, 0) is 4.79 Å². The summed E-state index contributed by atoms with van der Waals surface area (Å²) < 4.78 is 0.863. The second-order valence-electron chi connectivity index (χ2n) is 7.44. The molecule has 0 fully saturated rings. The number of nitrogens with two attached hydrogens (primary N) is 1. The van der Waals surface area contributed by atoms with Gasteiger partial charge in [0.2, 0.25) is 5.91 Å². The maximum atomic E-state index is 13.2. The van der Waals surface area contributed by atoms with Gasteiger partial charge in [-0.05, 0) is 35.4 Å². The molecule has 6 N–H and O–H groups in total. The fourth-order valence-electron chi connectivity index (χ4n) is 3.36. The second-order valence-corrected chi connectivity index (χ2v) is 8.35. The van der Waals surface area contributed by atoms with Crippen molar-refractivity contribution in [2.75, 3.05) is 16.6 Å². The summed E-state index contributed by atoms with van der Waals surface area (Å²) in [4.78, 5) is 33.7. The average molecular weight is 532 g/mol. The number of amides is 2. The quantitative estimate of drug-likeness (QED) is 0.218. The van der Waals surface area contributed by atoms with Crippen LogP contribution in [0.3, 0.4) is 0 Å². The van der Waals surface area contributed by atoms with Crippen LogP contribution < -0.4 is 27.4 Å². The predicted octanol–water partition coefficient (Wildman–Crippen LogP) is 3.85. The number of halogens is 1. The van der Waals surface area contributed by atoms with Crippen molar-refractivity contribution < 1.29 is 9.59 Å². The van der Waals surface area contributed by atoms with Crippen molar-refractivity contribution in [1.29, 1.82) is 0 Å². The van der Waals surface area contributed by atoms with Gasteiger partial charge in [0.15, 0.2) is 11.6 Å². The van der Waals surface area contributed by atoms with E-state index in [1.807, 2.05) is 60.7 Å². The van der Waals surface area contributed by atoms with Crippen molar-refractivity contribution >= 4 is 45.1 Å². The molecule has 0 bridgehead atoms. The average Bonchev–Trinajstić information content (AvgIpc) is 2.89. The number of nitrogens with one attached hydrogen (secondary N) is 4. The Hall–Kier alpha value is -4.44. The first kappa shape index (κ1) is 23.7. The normalized spacial score (nSPS) is 10.5. The van der Waals surface area contributed by atoms with Gasteiger partial charge < -0.3 is 5.73 Å². The Morgan fingerprint density at radius 1 is 0.743 bits per heavy atom. The molecule has 35 heavy (non-hydrogen) atoms. The van der Waals surface area contributed by atoms with Gasteiger partial charge in [0.1, 0.15) is 12.0 Å². The molecule has 4 rings (SSSR count). The largest absolute Gasteiger partial charge is 0.393 e. The molecule has 2 amide bonds. The first-order chi connectivity index (χ1) is 17.0. The third kappa shape index (κ3) is 5.92. The molecular weight excluding hydrogens is 510 g/mol. The van der Waals surface area contributed by atoms with Crippen LogP contribution in [0.2, 0.25) is 0 Å². The number of hydrogen-bond donors (Lipinski definition) is 5. The molecule has 4 aromatic rings. The number of carbonyl (C=O) groups excluding carboxylic acids is 2. The second kappa shape index (κ2) is 11.1. The number of hydrazine groups is 2. The van der Waals surface area contributed by atoms with Crippen LogP contribution in [0.5, 0.6) is 0 Å². The highest BCUT2D eigenvalue weighted by Gasteiger charge is 2.23. The molecule has 9 nitrogen and oxygen atoms in total. The Labute approximate surface area is 210 Å². The van der Waals surface area contributed by atoms with Crippen LogP contribution in [0.4, 0.5) is 17.3 Å². The number of anilines is 3. The molecular formula is C25H22BrN7O2. The zero-order valence-electron chi connectivity index (χ0n) is 18.4. The molecule has 0 spiro atoms. The number of nitrogen functional groups attached to an aromatic ring is 1. The fraction of sp³-hybridized carbons (Fsp3) is 0.0400. The van der Waals surface area contributed by atoms with Crippen LogP contribution in [-0.4, -0.2) is 21.8 Å². The minimum atomic E-state index is -0.546. The lowest BCUT2D eigenvalue weighted by Gasteiger charge is -2.19. The number of nitrogens with zero attached hydrogens (tertiary/aromatic N) is 2. The molecule has 0 atom stereocenters. The van der Waals surface area contributed by atoms with Gasteiger partial charge in [-0.25, -0.2) is 9.97 Å². The number of benzene rings is 3. The van der Waals surface area contributed by atoms with Crippen LogP contribution in [0.15, 0.2) is 95.7 Å². The maximum absolute atomic E-state index is 13.2. The smallest absolute Gasteiger partial charge is 0.269 e. The standard InChI is InChI=1S/C25H22BrN7O2/c26-19-13-11-18(12-14-19)24(34)32-30-22-21(27)23(29-15-28-22)31-33-25(35)20(16-7-3-1-4-8-16)17-9-5-2-6-10-17/h1-15,20H,27H2,(H,32,34)(H,33,35)(H2,28,29,30,31). The van der Waals surface area contributed by atoms with E-state index in [4.69, 9.17) is 5.73 Å². The van der Waals surface area contributed by atoms with Crippen LogP contribution in [0.25, 0.3) is 0 Å². The van der Waals surface area contributed by atoms with Crippen molar-refractivity contribution in [3.63, 3.8) is 0 Å². The number of carbonyl (C=O) groups is 2. The van der Waals surface area contributed by atoms with Gasteiger partial charge in [0.25, 0.3) is 5.91 Å². The molecule has 176 valence electrons. The molecule has 0 aliphatic heterocycles. The molecule has 0 aliphatic rings. The van der Waals surface area contributed by atoms with Crippen molar-refractivity contribution in [3.8, 4) is 0 Å². The Balaban J connectivity index is 1.44. The summed E-state index contributed by atoms with van der Waals surface area (Å²) in [6.07, 6.45) is 1.25. The predicted molar refractivity (Wildman–Crippen MR) is 138 cm³/mol. The van der Waals surface area contributed by atoms with Gasteiger partial charge in [-0.1, -0.05) is 76.6 Å². The van der Waals surface area contributed by atoms with Gasteiger partial charge in [-0.15, -0.1) is 0 Å². The summed E-state index contributed by atoms with van der Waals surface area (Å²) in [6.45, 7) is 0. The minimum Gasteiger partial charge on any atom is -0.393 e. The summed E-state index contributed by atoms with van der Waals surface area (Å²) in [6, 6.07) is 25.8. The molecule has 0 saturated heterocycles. The van der Waals surface area contributed by atoms with Gasteiger partial charge in [-0.2, -0.15) is 0 Å². The van der Waals surface area contributed by atoms with Gasteiger partial charge in [0, 0.05) is 10.0 Å². The molecule has 10 heteroatoms. The molecule has 3 aromatic carbocycles. The minimum absolute atomic E-state index is 0.111. The van der Waals surface area contributed by atoms with E-state index in [9.17, 15) is 9.59 Å². The Morgan fingerprint density at radius 2 is 1.26 bits per heavy atom. The summed E-state index contributed by atoms with van der Waals surface area (Å²) in [7, 11) is 0. The third-order valence-electron chi connectivity index (χ3n) is 5.12. The number of aromatic nitrogens is 2. The summed E-state index contributed by atoms with van der Waals surface area (Å²) in [5, 5.41) is 0. The summed E-state index contributed by atoms with van der Waals surface area (Å²) >= 11 is 3.33. The number of rotatable bonds is 8. The fourth-order valence-corrected chi connectivity index (χ4v) is 3.63. The highest BCUT2D eigenvalue weighted by molar-refractivity contribution is 9.10. The molecule has 0 saturated carbocycles.